The van der Waals surface area contributed by atoms with Crippen LogP contribution in [-0.2, 0) is 11.8 Å². The fourth-order valence-electron chi connectivity index (χ4n) is 3.02. The largest absolute Gasteiger partial charge is 0.444 e. The first-order chi connectivity index (χ1) is 10.7. The van der Waals surface area contributed by atoms with Crippen LogP contribution in [0.3, 0.4) is 0 Å². The predicted octanol–water partition coefficient (Wildman–Crippen LogP) is 3.24. The number of aromatic nitrogens is 2. The molecule has 1 aliphatic rings. The van der Waals surface area contributed by atoms with Crippen LogP contribution in [0, 0.1) is 13.8 Å². The number of anilines is 1. The Hall–Kier alpha value is -1.72. The van der Waals surface area contributed by atoms with Crippen molar-refractivity contribution in [2.75, 3.05) is 18.4 Å². The Bertz CT molecular complexity index is 560. The molecule has 0 bridgehead atoms. The first-order valence-electron chi connectivity index (χ1n) is 8.42. The maximum atomic E-state index is 12.4. The highest BCUT2D eigenvalue weighted by molar-refractivity contribution is 5.69. The van der Waals surface area contributed by atoms with Gasteiger partial charge in [0.05, 0.1) is 23.1 Å². The lowest BCUT2D eigenvalue weighted by molar-refractivity contribution is 0.0114. The number of ether oxygens (including phenoxy) is 1. The Kier molecular flexibility index (Phi) is 5.22. The van der Waals surface area contributed by atoms with Gasteiger partial charge >= 0.3 is 6.09 Å². The molecule has 6 nitrogen and oxygen atoms in total. The van der Waals surface area contributed by atoms with E-state index in [2.05, 4.69) is 17.3 Å². The Labute approximate surface area is 139 Å². The number of hydrogen-bond donors (Lipinski definition) is 1. The maximum Gasteiger partial charge on any atom is 0.410 e. The van der Waals surface area contributed by atoms with Gasteiger partial charge in [0.15, 0.2) is 0 Å². The molecule has 1 saturated heterocycles. The molecule has 1 amide bonds. The Morgan fingerprint density at radius 3 is 2.61 bits per heavy atom. The summed E-state index contributed by atoms with van der Waals surface area (Å²) in [6.45, 7) is 11.3. The molecule has 2 heterocycles. The van der Waals surface area contributed by atoms with Gasteiger partial charge in [-0.3, -0.25) is 4.68 Å². The number of hydrogen-bond acceptors (Lipinski definition) is 4. The normalized spacial score (nSPS) is 18.9. The summed E-state index contributed by atoms with van der Waals surface area (Å²) in [4.78, 5) is 14.3. The van der Waals surface area contributed by atoms with E-state index >= 15 is 0 Å². The molecule has 1 atom stereocenters. The zero-order valence-corrected chi connectivity index (χ0v) is 15.3. The number of nitrogens with one attached hydrogen (secondary N) is 1. The molecule has 0 aliphatic carbocycles. The monoisotopic (exact) mass is 322 g/mol. The third-order valence-electron chi connectivity index (χ3n) is 4.28. The number of carbonyl (C=O) groups excluding carboxylic acids is 1. The SMILES string of the molecule is Cc1nn(C)c(C)c1NCC1CCCCN1C(=O)OC(C)(C)C. The number of piperidine rings is 1. The third kappa shape index (κ3) is 4.39. The second-order valence-electron chi connectivity index (χ2n) is 7.37. The highest BCUT2D eigenvalue weighted by Crippen LogP contribution is 2.23. The molecule has 1 aromatic heterocycles. The average Bonchev–Trinajstić information content (AvgIpc) is 2.68. The molecule has 1 aliphatic heterocycles. The van der Waals surface area contributed by atoms with Crippen molar-refractivity contribution in [1.82, 2.24) is 14.7 Å². The predicted molar refractivity (Wildman–Crippen MR) is 91.8 cm³/mol. The molecule has 130 valence electrons. The summed E-state index contributed by atoms with van der Waals surface area (Å²) in [6, 6.07) is 0.164. The van der Waals surface area contributed by atoms with E-state index in [1.807, 2.05) is 44.3 Å². The van der Waals surface area contributed by atoms with E-state index in [0.717, 1.165) is 49.4 Å². The first-order valence-corrected chi connectivity index (χ1v) is 8.42. The number of nitrogens with zero attached hydrogens (tertiary/aromatic N) is 3. The van der Waals surface area contributed by atoms with E-state index in [9.17, 15) is 4.79 Å². The second kappa shape index (κ2) is 6.81. The minimum absolute atomic E-state index is 0.164. The molecule has 2 rings (SSSR count). The molecule has 6 heteroatoms. The van der Waals surface area contributed by atoms with Crippen molar-refractivity contribution in [2.24, 2.45) is 7.05 Å². The quantitative estimate of drug-likeness (QED) is 0.928. The van der Waals surface area contributed by atoms with Gasteiger partial charge in [-0.1, -0.05) is 0 Å². The summed E-state index contributed by atoms with van der Waals surface area (Å²) in [5, 5.41) is 7.91. The van der Waals surface area contributed by atoms with Gasteiger partial charge in [0.1, 0.15) is 5.60 Å². The summed E-state index contributed by atoms with van der Waals surface area (Å²) >= 11 is 0. The lowest BCUT2D eigenvalue weighted by Gasteiger charge is -2.37. The standard InChI is InChI=1S/C17H30N4O2/c1-12-15(13(2)20(6)19-12)18-11-14-9-7-8-10-21(14)16(22)23-17(3,4)5/h14,18H,7-11H2,1-6H3. The van der Waals surface area contributed by atoms with Gasteiger partial charge in [0, 0.05) is 20.1 Å². The van der Waals surface area contributed by atoms with Crippen LogP contribution in [0.2, 0.25) is 0 Å². The number of likely N-dealkylation sites (tertiary alicyclic amines) is 1. The van der Waals surface area contributed by atoms with E-state index in [1.165, 1.54) is 0 Å². The van der Waals surface area contributed by atoms with Gasteiger partial charge in [-0.2, -0.15) is 5.10 Å². The Morgan fingerprint density at radius 2 is 2.04 bits per heavy atom. The molecule has 0 saturated carbocycles. The molecular formula is C17H30N4O2. The molecule has 1 N–H and O–H groups in total. The molecule has 1 fully saturated rings. The molecule has 1 unspecified atom stereocenters. The van der Waals surface area contributed by atoms with E-state index in [1.54, 1.807) is 0 Å². The number of rotatable bonds is 3. The van der Waals surface area contributed by atoms with Gasteiger partial charge in [-0.15, -0.1) is 0 Å². The van der Waals surface area contributed by atoms with Crippen LogP contribution in [-0.4, -0.2) is 45.5 Å². The number of aryl methyl sites for hydroxylation is 2. The topological polar surface area (TPSA) is 59.4 Å². The lowest BCUT2D eigenvalue weighted by atomic mass is 10.0. The molecular weight excluding hydrogens is 292 g/mol. The summed E-state index contributed by atoms with van der Waals surface area (Å²) < 4.78 is 7.43. The fourth-order valence-corrected chi connectivity index (χ4v) is 3.02. The number of amides is 1. The zero-order valence-electron chi connectivity index (χ0n) is 15.3. The maximum absolute atomic E-state index is 12.4. The highest BCUT2D eigenvalue weighted by atomic mass is 16.6. The van der Waals surface area contributed by atoms with Gasteiger partial charge in [0.25, 0.3) is 0 Å². The van der Waals surface area contributed by atoms with Crippen molar-refractivity contribution in [3.05, 3.63) is 11.4 Å². The third-order valence-corrected chi connectivity index (χ3v) is 4.28. The minimum atomic E-state index is -0.455. The van der Waals surface area contributed by atoms with Crippen LogP contribution in [0.1, 0.15) is 51.4 Å². The van der Waals surface area contributed by atoms with Gasteiger partial charge in [0.2, 0.25) is 0 Å². The molecule has 0 spiro atoms. The van der Waals surface area contributed by atoms with Crippen molar-refractivity contribution in [3.8, 4) is 0 Å². The van der Waals surface area contributed by atoms with Crippen LogP contribution in [0.4, 0.5) is 10.5 Å². The van der Waals surface area contributed by atoms with Gasteiger partial charge in [-0.25, -0.2) is 4.79 Å². The Morgan fingerprint density at radius 1 is 1.35 bits per heavy atom. The number of carbonyl (C=O) groups is 1. The Balaban J connectivity index is 2.02. The van der Waals surface area contributed by atoms with Crippen LogP contribution in [0.5, 0.6) is 0 Å². The van der Waals surface area contributed by atoms with Crippen molar-refractivity contribution in [2.45, 2.75) is 65.5 Å². The summed E-state index contributed by atoms with van der Waals surface area (Å²) in [5.74, 6) is 0. The highest BCUT2D eigenvalue weighted by Gasteiger charge is 2.30. The first kappa shape index (κ1) is 17.6. The van der Waals surface area contributed by atoms with Crippen molar-refractivity contribution in [3.63, 3.8) is 0 Å². The van der Waals surface area contributed by atoms with E-state index < -0.39 is 5.60 Å². The molecule has 1 aromatic rings. The van der Waals surface area contributed by atoms with Crippen LogP contribution in [0.25, 0.3) is 0 Å². The summed E-state index contributed by atoms with van der Waals surface area (Å²) in [6.07, 6.45) is 2.99. The molecule has 0 radical (unpaired) electrons. The second-order valence-corrected chi connectivity index (χ2v) is 7.37. The summed E-state index contributed by atoms with van der Waals surface area (Å²) in [7, 11) is 1.95. The van der Waals surface area contributed by atoms with Crippen molar-refractivity contribution < 1.29 is 9.53 Å². The van der Waals surface area contributed by atoms with Gasteiger partial charge < -0.3 is 15.0 Å². The smallest absolute Gasteiger partial charge is 0.410 e. The molecule has 0 aromatic carbocycles. The minimum Gasteiger partial charge on any atom is -0.444 e. The van der Waals surface area contributed by atoms with E-state index in [0.29, 0.717) is 0 Å². The van der Waals surface area contributed by atoms with E-state index in [-0.39, 0.29) is 12.1 Å². The van der Waals surface area contributed by atoms with Crippen LogP contribution < -0.4 is 5.32 Å². The fraction of sp³-hybridized carbons (Fsp3) is 0.765. The van der Waals surface area contributed by atoms with Crippen molar-refractivity contribution in [1.29, 1.82) is 0 Å². The average molecular weight is 322 g/mol. The van der Waals surface area contributed by atoms with Crippen LogP contribution in [0.15, 0.2) is 0 Å². The lowest BCUT2D eigenvalue weighted by Crippen LogP contribution is -2.48. The summed E-state index contributed by atoms with van der Waals surface area (Å²) in [5.41, 5.74) is 2.72. The van der Waals surface area contributed by atoms with Gasteiger partial charge in [-0.05, 0) is 53.9 Å². The van der Waals surface area contributed by atoms with Crippen LogP contribution >= 0.6 is 0 Å². The van der Waals surface area contributed by atoms with E-state index in [4.69, 9.17) is 4.74 Å². The zero-order chi connectivity index (χ0) is 17.2. The molecule has 23 heavy (non-hydrogen) atoms. The van der Waals surface area contributed by atoms with Crippen molar-refractivity contribution >= 4 is 11.8 Å².